The van der Waals surface area contributed by atoms with E-state index in [1.807, 2.05) is 0 Å². The van der Waals surface area contributed by atoms with Gasteiger partial charge in [-0.2, -0.15) is 0 Å². The Bertz CT molecular complexity index is 1840. The summed E-state index contributed by atoms with van der Waals surface area (Å²) in [6.45, 7) is 2.96. The molecule has 0 fully saturated rings. The summed E-state index contributed by atoms with van der Waals surface area (Å²) in [7, 11) is -2.22. The van der Waals surface area contributed by atoms with Crippen molar-refractivity contribution in [1.82, 2.24) is 19.4 Å². The predicted molar refractivity (Wildman–Crippen MR) is 135 cm³/mol. The van der Waals surface area contributed by atoms with Crippen molar-refractivity contribution in [2.75, 3.05) is 0 Å². The van der Waals surface area contributed by atoms with Crippen molar-refractivity contribution in [2.24, 2.45) is 7.05 Å². The third-order valence-corrected chi connectivity index (χ3v) is 7.70. The second kappa shape index (κ2) is 9.54. The molecule has 0 saturated carbocycles. The molecule has 0 aliphatic heterocycles. The lowest BCUT2D eigenvalue weighted by Crippen LogP contribution is -2.24. The number of fused-ring (bicyclic) bond motifs is 1. The second-order valence-corrected chi connectivity index (χ2v) is 10.4. The topological polar surface area (TPSA) is 119 Å². The lowest BCUT2D eigenvalue weighted by Gasteiger charge is -2.14. The number of pyridine rings is 1. The van der Waals surface area contributed by atoms with Crippen molar-refractivity contribution in [3.8, 4) is 22.6 Å². The maximum Gasteiger partial charge on any atom is 0.272 e. The Morgan fingerprint density at radius 1 is 1.08 bits per heavy atom. The number of hydrogen-bond acceptors (Lipinski definition) is 6. The van der Waals surface area contributed by atoms with Crippen LogP contribution in [0.1, 0.15) is 17.0 Å². The molecule has 196 valence electrons. The number of ether oxygens (including phenoxy) is 1. The van der Waals surface area contributed by atoms with Gasteiger partial charge in [0.2, 0.25) is 10.0 Å². The maximum absolute atomic E-state index is 14.4. The number of benzene rings is 2. The number of nitrogens with one attached hydrogen (secondary N) is 2. The molecule has 0 radical (unpaired) electrons. The molecule has 12 heteroatoms. The number of rotatable bonds is 7. The van der Waals surface area contributed by atoms with E-state index in [1.165, 1.54) is 26.1 Å². The van der Waals surface area contributed by atoms with Crippen LogP contribution in [0.5, 0.6) is 11.5 Å². The van der Waals surface area contributed by atoms with Gasteiger partial charge in [0.25, 0.3) is 5.56 Å². The standard InChI is InChI=1S/C26H22F2N4O5S/c1-14-25(15(2)37-31-14)38(34,35)30-12-16-4-6-22(36-23-7-5-17(27)11-21(23)28)19(10-16)20-13-32(3)24-18(20)8-9-29-26(24)33/h4-11,13,30H,12H2,1-3H3,(H,29,33). The highest BCUT2D eigenvalue weighted by Crippen LogP contribution is 2.39. The van der Waals surface area contributed by atoms with Gasteiger partial charge in [0.05, 0.1) is 0 Å². The van der Waals surface area contributed by atoms with Crippen molar-refractivity contribution in [3.05, 3.63) is 93.9 Å². The summed E-state index contributed by atoms with van der Waals surface area (Å²) in [6.07, 6.45) is 3.23. The van der Waals surface area contributed by atoms with Gasteiger partial charge < -0.3 is 18.8 Å². The van der Waals surface area contributed by atoms with Gasteiger partial charge in [-0.1, -0.05) is 11.2 Å². The van der Waals surface area contributed by atoms with Crippen LogP contribution in [0.2, 0.25) is 0 Å². The fourth-order valence-corrected chi connectivity index (χ4v) is 5.69. The number of aromatic amines is 1. The third-order valence-electron chi connectivity index (χ3n) is 6.05. The average molecular weight is 541 g/mol. The van der Waals surface area contributed by atoms with Gasteiger partial charge in [-0.05, 0) is 49.7 Å². The van der Waals surface area contributed by atoms with E-state index in [2.05, 4.69) is 14.9 Å². The Hall–Kier alpha value is -4.29. The molecule has 2 aromatic carbocycles. The molecule has 0 atom stereocenters. The summed E-state index contributed by atoms with van der Waals surface area (Å²) >= 11 is 0. The molecule has 0 unspecified atom stereocenters. The Balaban J connectivity index is 1.59. The van der Waals surface area contributed by atoms with Gasteiger partial charge in [-0.15, -0.1) is 0 Å². The SMILES string of the molecule is Cc1noc(C)c1S(=O)(=O)NCc1ccc(Oc2ccc(F)cc2F)c(-c2cn(C)c3c(=O)[nH]ccc23)c1. The Morgan fingerprint density at radius 2 is 1.84 bits per heavy atom. The van der Waals surface area contributed by atoms with Crippen LogP contribution in [-0.4, -0.2) is 23.1 Å². The van der Waals surface area contributed by atoms with E-state index in [0.717, 1.165) is 6.07 Å². The van der Waals surface area contributed by atoms with E-state index >= 15 is 0 Å². The zero-order valence-corrected chi connectivity index (χ0v) is 21.3. The molecule has 0 bridgehead atoms. The highest BCUT2D eigenvalue weighted by molar-refractivity contribution is 7.89. The zero-order valence-electron chi connectivity index (χ0n) is 20.5. The van der Waals surface area contributed by atoms with Crippen LogP contribution in [0.3, 0.4) is 0 Å². The van der Waals surface area contributed by atoms with Gasteiger partial charge in [0.15, 0.2) is 17.3 Å². The molecule has 0 saturated heterocycles. The number of nitrogens with zero attached hydrogens (tertiary/aromatic N) is 2. The minimum Gasteiger partial charge on any atom is -0.454 e. The van der Waals surface area contributed by atoms with Gasteiger partial charge in [0.1, 0.15) is 27.7 Å². The molecule has 5 aromatic rings. The predicted octanol–water partition coefficient (Wildman–Crippen LogP) is 4.69. The van der Waals surface area contributed by atoms with Crippen LogP contribution in [0.25, 0.3) is 22.0 Å². The Morgan fingerprint density at radius 3 is 2.55 bits per heavy atom. The van der Waals surface area contributed by atoms with E-state index in [4.69, 9.17) is 9.26 Å². The number of H-pyrrole nitrogens is 1. The molecular weight excluding hydrogens is 518 g/mol. The minimum absolute atomic E-state index is 0.0299. The quantitative estimate of drug-likeness (QED) is 0.309. The number of hydrogen-bond donors (Lipinski definition) is 2. The summed E-state index contributed by atoms with van der Waals surface area (Å²) in [6, 6.07) is 9.55. The fourth-order valence-electron chi connectivity index (χ4n) is 4.35. The molecule has 9 nitrogen and oxygen atoms in total. The van der Waals surface area contributed by atoms with Crippen molar-refractivity contribution in [3.63, 3.8) is 0 Å². The molecule has 0 spiro atoms. The monoisotopic (exact) mass is 540 g/mol. The molecule has 2 N–H and O–H groups in total. The highest BCUT2D eigenvalue weighted by atomic mass is 32.2. The van der Waals surface area contributed by atoms with Gasteiger partial charge in [0, 0.05) is 48.6 Å². The highest BCUT2D eigenvalue weighted by Gasteiger charge is 2.24. The first-order valence-corrected chi connectivity index (χ1v) is 12.9. The first-order chi connectivity index (χ1) is 18.0. The minimum atomic E-state index is -3.93. The van der Waals surface area contributed by atoms with E-state index in [0.29, 0.717) is 33.7 Å². The molecule has 0 aliphatic rings. The third kappa shape index (κ3) is 4.59. The summed E-state index contributed by atoms with van der Waals surface area (Å²) in [4.78, 5) is 15.1. The molecule has 38 heavy (non-hydrogen) atoms. The fraction of sp³-hybridized carbons (Fsp3) is 0.154. The first kappa shape index (κ1) is 25.4. The van der Waals surface area contributed by atoms with Crippen LogP contribution in [0, 0.1) is 25.5 Å². The van der Waals surface area contributed by atoms with Crippen LogP contribution in [-0.2, 0) is 23.6 Å². The van der Waals surface area contributed by atoms with Crippen molar-refractivity contribution in [1.29, 1.82) is 0 Å². The van der Waals surface area contributed by atoms with Crippen molar-refractivity contribution < 1.29 is 26.5 Å². The van der Waals surface area contributed by atoms with Crippen molar-refractivity contribution >= 4 is 20.9 Å². The lowest BCUT2D eigenvalue weighted by atomic mass is 10.0. The van der Waals surface area contributed by atoms with Gasteiger partial charge >= 0.3 is 0 Å². The van der Waals surface area contributed by atoms with Crippen molar-refractivity contribution in [2.45, 2.75) is 25.3 Å². The van der Waals surface area contributed by atoms with E-state index in [9.17, 15) is 22.0 Å². The average Bonchev–Trinajstić information content (AvgIpc) is 3.39. The maximum atomic E-state index is 14.4. The molecule has 0 aliphatic carbocycles. The summed E-state index contributed by atoms with van der Waals surface area (Å²) in [5.41, 5.74) is 1.98. The summed E-state index contributed by atoms with van der Waals surface area (Å²) in [5, 5.41) is 4.30. The summed E-state index contributed by atoms with van der Waals surface area (Å²) < 4.78 is 68.7. The number of aromatic nitrogens is 3. The largest absolute Gasteiger partial charge is 0.454 e. The molecule has 3 aromatic heterocycles. The Labute approximate surface area is 215 Å². The van der Waals surface area contributed by atoms with Crippen LogP contribution in [0.4, 0.5) is 8.78 Å². The molecule has 5 rings (SSSR count). The lowest BCUT2D eigenvalue weighted by molar-refractivity contribution is 0.390. The van der Waals surface area contributed by atoms with Crippen LogP contribution < -0.4 is 15.0 Å². The van der Waals surface area contributed by atoms with Gasteiger partial charge in [-0.25, -0.2) is 21.9 Å². The number of sulfonamides is 1. The van der Waals surface area contributed by atoms with Crippen LogP contribution >= 0.6 is 0 Å². The number of halogens is 2. The van der Waals surface area contributed by atoms with E-state index in [-0.39, 0.29) is 40.0 Å². The van der Waals surface area contributed by atoms with E-state index < -0.39 is 21.7 Å². The first-order valence-electron chi connectivity index (χ1n) is 11.4. The number of aryl methyl sites for hydroxylation is 3. The normalized spacial score (nSPS) is 11.8. The smallest absolute Gasteiger partial charge is 0.272 e. The van der Waals surface area contributed by atoms with Gasteiger partial charge in [-0.3, -0.25) is 4.79 Å². The molecule has 3 heterocycles. The van der Waals surface area contributed by atoms with Crippen LogP contribution in [0.15, 0.2) is 69.1 Å². The molecular formula is C26H22F2N4O5S. The second-order valence-electron chi connectivity index (χ2n) is 8.71. The zero-order chi connectivity index (χ0) is 27.2. The molecule has 0 amide bonds. The summed E-state index contributed by atoms with van der Waals surface area (Å²) in [5.74, 6) is -1.44. The van der Waals surface area contributed by atoms with E-state index in [1.54, 1.807) is 42.1 Å². The Kier molecular flexibility index (Phi) is 6.37.